The summed E-state index contributed by atoms with van der Waals surface area (Å²) < 4.78 is 25.8. The van der Waals surface area contributed by atoms with Crippen LogP contribution in [0.2, 0.25) is 10.0 Å². The van der Waals surface area contributed by atoms with Crippen LogP contribution in [0.3, 0.4) is 0 Å². The van der Waals surface area contributed by atoms with Crippen LogP contribution in [0.25, 0.3) is 0 Å². The van der Waals surface area contributed by atoms with Gasteiger partial charge in [0.2, 0.25) is 0 Å². The van der Waals surface area contributed by atoms with Crippen molar-refractivity contribution in [3.63, 3.8) is 0 Å². The van der Waals surface area contributed by atoms with Crippen molar-refractivity contribution < 1.29 is 18.7 Å². The van der Waals surface area contributed by atoms with E-state index in [0.29, 0.717) is 31.6 Å². The molecular weight excluding hydrogens is 536 g/mol. The number of hydrogen-bond donors (Lipinski definition) is 1. The van der Waals surface area contributed by atoms with E-state index in [1.54, 1.807) is 36.4 Å². The van der Waals surface area contributed by atoms with Crippen LogP contribution >= 0.6 is 39.1 Å². The molecule has 0 unspecified atom stereocenters. The molecule has 3 aromatic rings. The first-order valence-electron chi connectivity index (χ1n) is 9.29. The van der Waals surface area contributed by atoms with Gasteiger partial charge in [0.1, 0.15) is 12.4 Å². The van der Waals surface area contributed by atoms with Crippen molar-refractivity contribution in [2.24, 2.45) is 5.10 Å². The number of nitrogens with one attached hydrogen (secondary N) is 1. The highest BCUT2D eigenvalue weighted by Gasteiger charge is 2.13. The number of hydrogen-bond acceptors (Lipinski definition) is 5. The first-order chi connectivity index (χ1) is 15.8. The summed E-state index contributed by atoms with van der Waals surface area (Å²) in [6.45, 7) is 0.193. The van der Waals surface area contributed by atoms with E-state index in [4.69, 9.17) is 37.9 Å². The fraction of sp³-hybridized carbons (Fsp3) is 0.0870. The number of ether oxygens (including phenoxy) is 2. The van der Waals surface area contributed by atoms with Gasteiger partial charge in [0, 0.05) is 25.6 Å². The van der Waals surface area contributed by atoms with Crippen molar-refractivity contribution in [1.82, 2.24) is 5.43 Å². The lowest BCUT2D eigenvalue weighted by Crippen LogP contribution is -2.19. The first-order valence-corrected chi connectivity index (χ1v) is 10.8. The summed E-state index contributed by atoms with van der Waals surface area (Å²) in [5.74, 6) is -0.687. The molecule has 3 rings (SSSR count). The summed E-state index contributed by atoms with van der Waals surface area (Å²) in [4.78, 5) is 12.2. The second-order valence-corrected chi connectivity index (χ2v) is 8.25. The molecule has 6 nitrogen and oxygen atoms in total. The van der Waals surface area contributed by atoms with Gasteiger partial charge in [-0.05, 0) is 58.4 Å². The number of halogens is 4. The molecule has 168 valence electrons. The second kappa shape index (κ2) is 11.1. The standard InChI is InChI=1S/C23H15BrCl2FN3O3/c1-32-21-7-15(11-29-30-23(31)17-5-2-13(10-28)6-20(17)27)18(24)9-22(21)33-12-14-3-4-16(25)8-19(14)26/h2-9,11H,12H2,1H3,(H,30,31)/b29-11-. The zero-order valence-corrected chi connectivity index (χ0v) is 20.1. The Bertz CT molecular complexity index is 1280. The minimum Gasteiger partial charge on any atom is -0.493 e. The molecule has 10 heteroatoms. The van der Waals surface area contributed by atoms with E-state index in [0.717, 1.165) is 11.6 Å². The Labute approximate surface area is 207 Å². The molecular formula is C23H15BrCl2FN3O3. The fourth-order valence-corrected chi connectivity index (χ4v) is 3.59. The molecule has 0 saturated carbocycles. The van der Waals surface area contributed by atoms with Gasteiger partial charge in [0.05, 0.1) is 30.5 Å². The highest BCUT2D eigenvalue weighted by molar-refractivity contribution is 9.10. The van der Waals surface area contributed by atoms with Gasteiger partial charge in [-0.2, -0.15) is 10.4 Å². The number of rotatable bonds is 7. The Hall–Kier alpha value is -3.12. The predicted octanol–water partition coefficient (Wildman–Crippen LogP) is 6.12. The molecule has 0 saturated heterocycles. The molecule has 0 aromatic heterocycles. The van der Waals surface area contributed by atoms with Gasteiger partial charge in [-0.15, -0.1) is 0 Å². The third-order valence-electron chi connectivity index (χ3n) is 4.39. The minimum atomic E-state index is -0.813. The van der Waals surface area contributed by atoms with Crippen LogP contribution < -0.4 is 14.9 Å². The normalized spacial score (nSPS) is 10.7. The van der Waals surface area contributed by atoms with E-state index < -0.39 is 11.7 Å². The molecule has 0 atom stereocenters. The monoisotopic (exact) mass is 549 g/mol. The number of amides is 1. The van der Waals surface area contributed by atoms with Crippen LogP contribution in [0.4, 0.5) is 4.39 Å². The highest BCUT2D eigenvalue weighted by Crippen LogP contribution is 2.34. The Kier molecular flexibility index (Phi) is 8.28. The summed E-state index contributed by atoms with van der Waals surface area (Å²) in [6.07, 6.45) is 1.37. The molecule has 0 radical (unpaired) electrons. The van der Waals surface area contributed by atoms with Crippen LogP contribution in [0.1, 0.15) is 27.0 Å². The minimum absolute atomic E-state index is 0.115. The molecule has 0 bridgehead atoms. The van der Waals surface area contributed by atoms with Crippen molar-refractivity contribution in [2.45, 2.75) is 6.61 Å². The largest absolute Gasteiger partial charge is 0.493 e. The molecule has 0 aliphatic rings. The SMILES string of the molecule is COc1cc(/C=N\NC(=O)c2ccc(C#N)cc2F)c(Br)cc1OCc1ccc(Cl)cc1Cl. The second-order valence-electron chi connectivity index (χ2n) is 6.55. The topological polar surface area (TPSA) is 83.7 Å². The van der Waals surface area contributed by atoms with Crippen molar-refractivity contribution in [3.05, 3.63) is 91.1 Å². The van der Waals surface area contributed by atoms with Gasteiger partial charge < -0.3 is 9.47 Å². The maximum absolute atomic E-state index is 14.0. The van der Waals surface area contributed by atoms with Crippen LogP contribution in [0.5, 0.6) is 11.5 Å². The average molecular weight is 551 g/mol. The summed E-state index contributed by atoms with van der Waals surface area (Å²) in [7, 11) is 1.49. The molecule has 0 fully saturated rings. The van der Waals surface area contributed by atoms with Gasteiger partial charge in [0.15, 0.2) is 11.5 Å². The molecule has 0 aliphatic carbocycles. The number of methoxy groups -OCH3 is 1. The van der Waals surface area contributed by atoms with Crippen molar-refractivity contribution >= 4 is 51.3 Å². The van der Waals surface area contributed by atoms with Gasteiger partial charge >= 0.3 is 0 Å². The lowest BCUT2D eigenvalue weighted by atomic mass is 10.1. The number of nitriles is 1. The van der Waals surface area contributed by atoms with Crippen molar-refractivity contribution in [2.75, 3.05) is 7.11 Å². The Morgan fingerprint density at radius 2 is 2.00 bits per heavy atom. The Morgan fingerprint density at radius 1 is 1.21 bits per heavy atom. The number of hydrazone groups is 1. The van der Waals surface area contributed by atoms with Crippen LogP contribution in [-0.2, 0) is 6.61 Å². The molecule has 1 amide bonds. The first kappa shape index (κ1) is 24.5. The molecule has 3 aromatic carbocycles. The number of nitrogens with zero attached hydrogens (tertiary/aromatic N) is 2. The average Bonchev–Trinajstić information content (AvgIpc) is 2.79. The summed E-state index contributed by atoms with van der Waals surface area (Å²) in [5.41, 5.74) is 3.46. The Morgan fingerprint density at radius 3 is 2.67 bits per heavy atom. The van der Waals surface area contributed by atoms with E-state index >= 15 is 0 Å². The van der Waals surface area contributed by atoms with Gasteiger partial charge in [-0.1, -0.05) is 29.3 Å². The zero-order chi connectivity index (χ0) is 24.0. The molecule has 0 aliphatic heterocycles. The lowest BCUT2D eigenvalue weighted by Gasteiger charge is -2.13. The van der Waals surface area contributed by atoms with Crippen LogP contribution in [0.15, 0.2) is 58.1 Å². The van der Waals surface area contributed by atoms with Crippen LogP contribution in [-0.4, -0.2) is 19.2 Å². The highest BCUT2D eigenvalue weighted by atomic mass is 79.9. The number of benzene rings is 3. The third-order valence-corrected chi connectivity index (χ3v) is 5.67. The third kappa shape index (κ3) is 6.23. The molecule has 0 spiro atoms. The smallest absolute Gasteiger partial charge is 0.274 e. The van der Waals surface area contributed by atoms with Crippen LogP contribution in [0, 0.1) is 17.1 Å². The van der Waals surface area contributed by atoms with Crippen molar-refractivity contribution in [3.8, 4) is 17.6 Å². The summed E-state index contributed by atoms with van der Waals surface area (Å²) >= 11 is 15.5. The quantitative estimate of drug-likeness (QED) is 0.284. The maximum Gasteiger partial charge on any atom is 0.274 e. The van der Waals surface area contributed by atoms with Crippen molar-refractivity contribution in [1.29, 1.82) is 5.26 Å². The van der Waals surface area contributed by atoms with Gasteiger partial charge in [-0.25, -0.2) is 9.82 Å². The Balaban J connectivity index is 1.71. The summed E-state index contributed by atoms with van der Waals surface area (Å²) in [5, 5.41) is 13.7. The van der Waals surface area contributed by atoms with E-state index in [9.17, 15) is 9.18 Å². The van der Waals surface area contributed by atoms with Gasteiger partial charge in [0.25, 0.3) is 5.91 Å². The number of carbonyl (C=O) groups excluding carboxylic acids is 1. The van der Waals surface area contributed by atoms with E-state index in [1.807, 2.05) is 0 Å². The van der Waals surface area contributed by atoms with Gasteiger partial charge in [-0.3, -0.25) is 4.79 Å². The zero-order valence-electron chi connectivity index (χ0n) is 17.0. The van der Waals surface area contributed by atoms with E-state index in [2.05, 4.69) is 26.5 Å². The molecule has 0 heterocycles. The fourth-order valence-electron chi connectivity index (χ4n) is 2.71. The lowest BCUT2D eigenvalue weighted by molar-refractivity contribution is 0.0951. The molecule has 33 heavy (non-hydrogen) atoms. The molecule has 1 N–H and O–H groups in total. The van der Waals surface area contributed by atoms with E-state index in [1.165, 1.54) is 25.5 Å². The number of carbonyl (C=O) groups is 1. The maximum atomic E-state index is 14.0. The predicted molar refractivity (Wildman–Crippen MR) is 128 cm³/mol. The summed E-state index contributed by atoms with van der Waals surface area (Å²) in [6, 6.07) is 13.8. The van der Waals surface area contributed by atoms with E-state index in [-0.39, 0.29) is 17.7 Å².